The maximum absolute atomic E-state index is 13.1. The molecule has 1 spiro atoms. The number of carbonyl (C=O) groups excluding carboxylic acids is 1. The van der Waals surface area contributed by atoms with Crippen LogP contribution in [-0.4, -0.2) is 47.8 Å². The fourth-order valence-electron chi connectivity index (χ4n) is 5.34. The molecule has 3 fully saturated rings. The molecule has 1 saturated carbocycles. The number of ether oxygens (including phenoxy) is 1. The zero-order valence-corrected chi connectivity index (χ0v) is 16.2. The minimum absolute atomic E-state index is 0. The minimum atomic E-state index is -1.49. The normalized spacial score (nSPS) is 27.2. The van der Waals surface area contributed by atoms with Crippen molar-refractivity contribution in [3.8, 4) is 0 Å². The Hall–Kier alpha value is -1.10. The lowest BCUT2D eigenvalue weighted by Gasteiger charge is -2.33. The van der Waals surface area contributed by atoms with Crippen LogP contribution < -0.4 is 12.4 Å². The van der Waals surface area contributed by atoms with Crippen molar-refractivity contribution in [3.05, 3.63) is 35.9 Å². The number of aliphatic hydroxyl groups is 1. The number of rotatable bonds is 4. The first kappa shape index (κ1) is 19.7. The van der Waals surface area contributed by atoms with E-state index in [-0.39, 0.29) is 24.4 Å². The largest absolute Gasteiger partial charge is 1.00 e. The molecule has 2 saturated heterocycles. The van der Waals surface area contributed by atoms with Gasteiger partial charge in [0.25, 0.3) is 0 Å². The number of hydrogen-bond donors (Lipinski definition) is 1. The van der Waals surface area contributed by atoms with Crippen LogP contribution in [0.5, 0.6) is 0 Å². The van der Waals surface area contributed by atoms with Crippen molar-refractivity contribution in [2.24, 2.45) is 5.92 Å². The van der Waals surface area contributed by atoms with Gasteiger partial charge in [0.1, 0.15) is 6.54 Å². The molecule has 4 rings (SSSR count). The summed E-state index contributed by atoms with van der Waals surface area (Å²) in [5.74, 6) is -0.450. The Balaban J connectivity index is 0.00000196. The van der Waals surface area contributed by atoms with Gasteiger partial charge in [0, 0.05) is 25.2 Å². The number of quaternary nitrogens is 1. The molecule has 4 nitrogen and oxygen atoms in total. The summed E-state index contributed by atoms with van der Waals surface area (Å²) >= 11 is 0. The zero-order chi connectivity index (χ0) is 17.3. The van der Waals surface area contributed by atoms with Crippen LogP contribution in [0.4, 0.5) is 0 Å². The first-order valence-electron chi connectivity index (χ1n) is 9.96. The molecule has 1 N–H and O–H groups in total. The zero-order valence-electron chi connectivity index (χ0n) is 15.4. The van der Waals surface area contributed by atoms with Crippen LogP contribution in [0.2, 0.25) is 0 Å². The molecular formula is C21H30ClNO3. The van der Waals surface area contributed by atoms with Gasteiger partial charge in [0.2, 0.25) is 0 Å². The number of nitrogens with zero attached hydrogens (tertiary/aromatic N) is 1. The molecule has 3 aliphatic rings. The standard InChI is InChI=1S/C21H30NO3.ClH/c23-20(25-19-12-15-22(16-19)13-6-7-14-22)21(24,18-10-4-5-11-18)17-8-2-1-3-9-17;/h1-3,8-9,18-19,24H,4-7,10-16H2;1H/q+1;/p-1. The molecule has 0 radical (unpaired) electrons. The highest BCUT2D eigenvalue weighted by Gasteiger charge is 2.50. The summed E-state index contributed by atoms with van der Waals surface area (Å²) in [6, 6.07) is 9.43. The molecule has 1 aliphatic carbocycles. The summed E-state index contributed by atoms with van der Waals surface area (Å²) < 4.78 is 7.04. The van der Waals surface area contributed by atoms with Crippen LogP contribution in [0, 0.1) is 5.92 Å². The molecule has 26 heavy (non-hydrogen) atoms. The first-order chi connectivity index (χ1) is 12.1. The van der Waals surface area contributed by atoms with Crippen molar-refractivity contribution >= 4 is 5.97 Å². The third-order valence-corrected chi connectivity index (χ3v) is 6.78. The predicted octanol–water partition coefficient (Wildman–Crippen LogP) is -0.00550. The lowest BCUT2D eigenvalue weighted by Crippen LogP contribution is -3.00. The van der Waals surface area contributed by atoms with E-state index in [0.717, 1.165) is 49.7 Å². The van der Waals surface area contributed by atoms with E-state index in [1.807, 2.05) is 30.3 Å². The monoisotopic (exact) mass is 379 g/mol. The van der Waals surface area contributed by atoms with E-state index in [0.29, 0.717) is 5.56 Å². The van der Waals surface area contributed by atoms with E-state index >= 15 is 0 Å². The molecule has 1 aromatic carbocycles. The molecule has 0 bridgehead atoms. The number of benzene rings is 1. The SMILES string of the molecule is O=C(OC1CC[N+]2(CCCC2)C1)C(O)(c1ccccc1)C1CCCC1.[Cl-]. The van der Waals surface area contributed by atoms with Crippen molar-refractivity contribution in [1.82, 2.24) is 0 Å². The van der Waals surface area contributed by atoms with Gasteiger partial charge in [-0.05, 0) is 18.4 Å². The molecule has 2 unspecified atom stereocenters. The summed E-state index contributed by atoms with van der Waals surface area (Å²) in [5.41, 5.74) is -0.800. The minimum Gasteiger partial charge on any atom is -1.00 e. The summed E-state index contributed by atoms with van der Waals surface area (Å²) in [7, 11) is 0. The molecule has 144 valence electrons. The van der Waals surface area contributed by atoms with Crippen LogP contribution >= 0.6 is 0 Å². The Labute approximate surface area is 162 Å². The Morgan fingerprint density at radius 3 is 2.31 bits per heavy atom. The summed E-state index contributed by atoms with van der Waals surface area (Å²) in [6.07, 6.45) is 7.42. The summed E-state index contributed by atoms with van der Waals surface area (Å²) in [5, 5.41) is 11.5. The Kier molecular flexibility index (Phi) is 5.95. The van der Waals surface area contributed by atoms with E-state index in [4.69, 9.17) is 4.74 Å². The van der Waals surface area contributed by atoms with Gasteiger partial charge in [-0.25, -0.2) is 4.79 Å². The molecule has 1 aromatic rings. The second-order valence-corrected chi connectivity index (χ2v) is 8.33. The molecule has 5 heteroatoms. The molecule has 0 amide bonds. The average molecular weight is 380 g/mol. The third-order valence-electron chi connectivity index (χ3n) is 6.78. The lowest BCUT2D eigenvalue weighted by molar-refractivity contribution is -0.906. The van der Waals surface area contributed by atoms with E-state index < -0.39 is 11.6 Å². The van der Waals surface area contributed by atoms with Crippen molar-refractivity contribution in [2.45, 2.75) is 56.7 Å². The van der Waals surface area contributed by atoms with Crippen molar-refractivity contribution in [2.75, 3.05) is 26.2 Å². The second-order valence-electron chi connectivity index (χ2n) is 8.33. The molecule has 0 aromatic heterocycles. The van der Waals surface area contributed by atoms with E-state index in [2.05, 4.69) is 0 Å². The number of halogens is 1. The van der Waals surface area contributed by atoms with Gasteiger partial charge in [-0.2, -0.15) is 0 Å². The van der Waals surface area contributed by atoms with Gasteiger partial charge in [-0.1, -0.05) is 43.2 Å². The van der Waals surface area contributed by atoms with E-state index in [9.17, 15) is 9.90 Å². The molecule has 2 aliphatic heterocycles. The number of carbonyl (C=O) groups is 1. The van der Waals surface area contributed by atoms with Gasteiger partial charge >= 0.3 is 5.97 Å². The molecular weight excluding hydrogens is 350 g/mol. The molecule has 2 heterocycles. The highest BCUT2D eigenvalue weighted by atomic mass is 35.5. The maximum atomic E-state index is 13.1. The topological polar surface area (TPSA) is 46.5 Å². The fraction of sp³-hybridized carbons (Fsp3) is 0.667. The first-order valence-corrected chi connectivity index (χ1v) is 9.96. The van der Waals surface area contributed by atoms with Crippen LogP contribution in [-0.2, 0) is 15.1 Å². The lowest BCUT2D eigenvalue weighted by atomic mass is 9.80. The van der Waals surface area contributed by atoms with Gasteiger partial charge in [-0.3, -0.25) is 0 Å². The fourth-order valence-corrected chi connectivity index (χ4v) is 5.34. The summed E-state index contributed by atoms with van der Waals surface area (Å²) in [6.45, 7) is 4.49. The van der Waals surface area contributed by atoms with Gasteiger partial charge < -0.3 is 26.7 Å². The summed E-state index contributed by atoms with van der Waals surface area (Å²) in [4.78, 5) is 13.1. The number of esters is 1. The Morgan fingerprint density at radius 2 is 1.65 bits per heavy atom. The van der Waals surface area contributed by atoms with Crippen LogP contribution in [0.1, 0.15) is 50.5 Å². The molecule has 2 atom stereocenters. The van der Waals surface area contributed by atoms with Crippen molar-refractivity contribution in [1.29, 1.82) is 0 Å². The highest BCUT2D eigenvalue weighted by Crippen LogP contribution is 2.42. The average Bonchev–Trinajstić information content (AvgIpc) is 3.39. The van der Waals surface area contributed by atoms with E-state index in [1.54, 1.807) is 0 Å². The predicted molar refractivity (Wildman–Crippen MR) is 95.8 cm³/mol. The maximum Gasteiger partial charge on any atom is 0.343 e. The second kappa shape index (κ2) is 7.87. The van der Waals surface area contributed by atoms with Crippen LogP contribution in [0.25, 0.3) is 0 Å². The number of hydrogen-bond acceptors (Lipinski definition) is 3. The van der Waals surface area contributed by atoms with Gasteiger partial charge in [0.15, 0.2) is 11.7 Å². The van der Waals surface area contributed by atoms with Crippen molar-refractivity contribution < 1.29 is 31.5 Å². The van der Waals surface area contributed by atoms with Crippen LogP contribution in [0.15, 0.2) is 30.3 Å². The quantitative estimate of drug-likeness (QED) is 0.591. The van der Waals surface area contributed by atoms with Crippen molar-refractivity contribution in [3.63, 3.8) is 0 Å². The van der Waals surface area contributed by atoms with Gasteiger partial charge in [0.05, 0.1) is 19.6 Å². The Morgan fingerprint density at radius 1 is 1.00 bits per heavy atom. The van der Waals surface area contributed by atoms with Gasteiger partial charge in [-0.15, -0.1) is 0 Å². The smallest absolute Gasteiger partial charge is 0.343 e. The van der Waals surface area contributed by atoms with E-state index in [1.165, 1.54) is 25.9 Å². The highest BCUT2D eigenvalue weighted by molar-refractivity contribution is 5.81. The van der Waals surface area contributed by atoms with Crippen LogP contribution in [0.3, 0.4) is 0 Å². The third kappa shape index (κ3) is 3.51. The Bertz CT molecular complexity index is 611.